The number of carbonyl (C=O) groups is 1. The van der Waals surface area contributed by atoms with Crippen LogP contribution in [0.3, 0.4) is 0 Å². The largest absolute Gasteiger partial charge is 0.339 e. The number of anilines is 1. The average molecular weight is 408 g/mol. The van der Waals surface area contributed by atoms with Crippen LogP contribution in [0.1, 0.15) is 30.2 Å². The van der Waals surface area contributed by atoms with Crippen molar-refractivity contribution in [3.05, 3.63) is 64.2 Å². The summed E-state index contributed by atoms with van der Waals surface area (Å²) in [6.07, 6.45) is 3.04. The van der Waals surface area contributed by atoms with Gasteiger partial charge in [-0.15, -0.1) is 0 Å². The molecular weight excluding hydrogens is 388 g/mol. The molecule has 0 radical (unpaired) electrons. The topological polar surface area (TPSA) is 127 Å². The lowest BCUT2D eigenvalue weighted by Crippen LogP contribution is -2.40. The summed E-state index contributed by atoms with van der Waals surface area (Å²) in [4.78, 5) is 33.6. The summed E-state index contributed by atoms with van der Waals surface area (Å²) in [5, 5.41) is 17.9. The Balaban J connectivity index is 1.37. The van der Waals surface area contributed by atoms with Gasteiger partial charge in [0.15, 0.2) is 0 Å². The van der Waals surface area contributed by atoms with Gasteiger partial charge in [-0.05, 0) is 38.0 Å². The third-order valence-corrected chi connectivity index (χ3v) is 5.21. The monoisotopic (exact) mass is 408 g/mol. The highest BCUT2D eigenvalue weighted by Crippen LogP contribution is 2.29. The predicted molar refractivity (Wildman–Crippen MR) is 108 cm³/mol. The Morgan fingerprint density at radius 1 is 1.23 bits per heavy atom. The van der Waals surface area contributed by atoms with Crippen molar-refractivity contribution in [1.82, 2.24) is 20.0 Å². The zero-order valence-corrected chi connectivity index (χ0v) is 16.3. The number of benzene rings is 1. The minimum Gasteiger partial charge on any atom is -0.339 e. The van der Waals surface area contributed by atoms with Crippen molar-refractivity contribution in [1.29, 1.82) is 0 Å². The molecule has 1 saturated heterocycles. The molecule has 0 saturated carbocycles. The number of piperidine rings is 1. The molecule has 4 rings (SSSR count). The van der Waals surface area contributed by atoms with Crippen LogP contribution < -0.4 is 5.32 Å². The molecule has 1 fully saturated rings. The second-order valence-electron chi connectivity index (χ2n) is 7.07. The Morgan fingerprint density at radius 2 is 2.03 bits per heavy atom. The Labute approximate surface area is 172 Å². The second-order valence-corrected chi connectivity index (χ2v) is 7.07. The summed E-state index contributed by atoms with van der Waals surface area (Å²) in [6.45, 7) is 2.66. The summed E-state index contributed by atoms with van der Waals surface area (Å²) in [6, 6.07) is 9.85. The van der Waals surface area contributed by atoms with Crippen molar-refractivity contribution in [2.75, 3.05) is 18.4 Å². The van der Waals surface area contributed by atoms with Gasteiger partial charge in [0.1, 0.15) is 5.69 Å². The van der Waals surface area contributed by atoms with Crippen molar-refractivity contribution in [2.24, 2.45) is 0 Å². The number of carbonyl (C=O) groups excluding carboxylic acids is 1. The minimum absolute atomic E-state index is 0.0217. The lowest BCUT2D eigenvalue weighted by atomic mass is 9.97. The van der Waals surface area contributed by atoms with E-state index in [0.29, 0.717) is 54.6 Å². The molecule has 0 bridgehead atoms. The van der Waals surface area contributed by atoms with Crippen LogP contribution in [-0.2, 0) is 0 Å². The SMILES string of the molecule is Cc1c(NC(=O)N2CCC(c3nc(-c4ccccn4)no3)CC2)cccc1[N+](=O)[O-]. The van der Waals surface area contributed by atoms with Crippen LogP contribution in [0.4, 0.5) is 16.2 Å². The fourth-order valence-corrected chi connectivity index (χ4v) is 3.48. The second kappa shape index (κ2) is 8.27. The fraction of sp³-hybridized carbons (Fsp3) is 0.300. The molecule has 154 valence electrons. The number of nitro benzene ring substituents is 1. The molecule has 3 heterocycles. The van der Waals surface area contributed by atoms with E-state index in [0.717, 1.165) is 0 Å². The number of amides is 2. The van der Waals surface area contributed by atoms with Crippen LogP contribution in [0.15, 0.2) is 47.1 Å². The average Bonchev–Trinajstić information content (AvgIpc) is 3.26. The standard InChI is InChI=1S/C20H20N6O4/c1-13-15(6-4-7-17(13)26(28)29)22-20(27)25-11-8-14(9-12-25)19-23-18(24-30-19)16-5-2-3-10-21-16/h2-7,10,14H,8-9,11-12H2,1H3,(H,22,27). The van der Waals surface area contributed by atoms with Gasteiger partial charge in [-0.3, -0.25) is 15.1 Å². The number of nitro groups is 1. The Kier molecular flexibility index (Phi) is 5.38. The molecule has 1 aliphatic heterocycles. The molecule has 1 aromatic carbocycles. The van der Waals surface area contributed by atoms with Gasteiger partial charge in [-0.25, -0.2) is 4.79 Å². The molecule has 3 aromatic rings. The summed E-state index contributed by atoms with van der Waals surface area (Å²) in [7, 11) is 0. The number of nitrogens with zero attached hydrogens (tertiary/aromatic N) is 5. The molecule has 0 aliphatic carbocycles. The minimum atomic E-state index is -0.458. The first kappa shape index (κ1) is 19.5. The molecule has 10 heteroatoms. The Bertz CT molecular complexity index is 1060. The van der Waals surface area contributed by atoms with Crippen LogP contribution in [0, 0.1) is 17.0 Å². The highest BCUT2D eigenvalue weighted by atomic mass is 16.6. The zero-order chi connectivity index (χ0) is 21.1. The summed E-state index contributed by atoms with van der Waals surface area (Å²) >= 11 is 0. The maximum absolute atomic E-state index is 12.6. The van der Waals surface area contributed by atoms with Gasteiger partial charge in [0.25, 0.3) is 5.69 Å². The summed E-state index contributed by atoms with van der Waals surface area (Å²) < 4.78 is 5.42. The number of pyridine rings is 1. The number of hydrogen-bond donors (Lipinski definition) is 1. The molecule has 30 heavy (non-hydrogen) atoms. The normalized spacial score (nSPS) is 14.5. The Hall–Kier alpha value is -3.82. The van der Waals surface area contributed by atoms with Crippen molar-refractivity contribution in [3.8, 4) is 11.5 Å². The van der Waals surface area contributed by atoms with E-state index < -0.39 is 4.92 Å². The quantitative estimate of drug-likeness (QED) is 0.514. The zero-order valence-electron chi connectivity index (χ0n) is 16.3. The maximum atomic E-state index is 12.6. The highest BCUT2D eigenvalue weighted by Gasteiger charge is 2.28. The fourth-order valence-electron chi connectivity index (χ4n) is 3.48. The molecule has 10 nitrogen and oxygen atoms in total. The van der Waals surface area contributed by atoms with Crippen molar-refractivity contribution >= 4 is 17.4 Å². The number of likely N-dealkylation sites (tertiary alicyclic amines) is 1. The van der Waals surface area contributed by atoms with Gasteiger partial charge in [0.2, 0.25) is 11.7 Å². The number of rotatable bonds is 4. The van der Waals surface area contributed by atoms with Gasteiger partial charge < -0.3 is 14.7 Å². The highest BCUT2D eigenvalue weighted by molar-refractivity contribution is 5.90. The van der Waals surface area contributed by atoms with Crippen molar-refractivity contribution in [2.45, 2.75) is 25.7 Å². The summed E-state index contributed by atoms with van der Waals surface area (Å²) in [5.74, 6) is 1.07. The van der Waals surface area contributed by atoms with E-state index in [1.54, 1.807) is 30.2 Å². The van der Waals surface area contributed by atoms with Gasteiger partial charge >= 0.3 is 6.03 Å². The number of urea groups is 1. The van der Waals surface area contributed by atoms with E-state index in [4.69, 9.17) is 4.52 Å². The van der Waals surface area contributed by atoms with Crippen molar-refractivity contribution in [3.63, 3.8) is 0 Å². The smallest absolute Gasteiger partial charge is 0.321 e. The first-order valence-electron chi connectivity index (χ1n) is 9.58. The number of nitrogens with one attached hydrogen (secondary N) is 1. The number of aromatic nitrogens is 3. The molecule has 1 aliphatic rings. The van der Waals surface area contributed by atoms with E-state index in [2.05, 4.69) is 20.4 Å². The van der Waals surface area contributed by atoms with Gasteiger partial charge in [-0.1, -0.05) is 17.3 Å². The van der Waals surface area contributed by atoms with E-state index in [-0.39, 0.29) is 17.6 Å². The summed E-state index contributed by atoms with van der Waals surface area (Å²) in [5.41, 5.74) is 1.50. The predicted octanol–water partition coefficient (Wildman–Crippen LogP) is 3.76. The van der Waals surface area contributed by atoms with Crippen LogP contribution >= 0.6 is 0 Å². The Morgan fingerprint density at radius 3 is 2.73 bits per heavy atom. The molecule has 2 amide bonds. The van der Waals surface area contributed by atoms with E-state index in [1.807, 2.05) is 18.2 Å². The van der Waals surface area contributed by atoms with E-state index in [1.165, 1.54) is 6.07 Å². The first-order chi connectivity index (χ1) is 14.5. The van der Waals surface area contributed by atoms with Gasteiger partial charge in [0.05, 0.1) is 16.2 Å². The molecule has 1 N–H and O–H groups in total. The van der Waals surface area contributed by atoms with Crippen LogP contribution in [0.25, 0.3) is 11.5 Å². The van der Waals surface area contributed by atoms with Gasteiger partial charge in [-0.2, -0.15) is 4.98 Å². The number of hydrogen-bond acceptors (Lipinski definition) is 7. The molecule has 0 atom stereocenters. The molecule has 0 unspecified atom stereocenters. The van der Waals surface area contributed by atoms with E-state index >= 15 is 0 Å². The molecule has 2 aromatic heterocycles. The van der Waals surface area contributed by atoms with Gasteiger partial charge in [0, 0.05) is 31.3 Å². The lowest BCUT2D eigenvalue weighted by molar-refractivity contribution is -0.385. The van der Waals surface area contributed by atoms with Crippen LogP contribution in [0.5, 0.6) is 0 Å². The molecular formula is C20H20N6O4. The molecule has 0 spiro atoms. The maximum Gasteiger partial charge on any atom is 0.321 e. The van der Waals surface area contributed by atoms with Crippen molar-refractivity contribution < 1.29 is 14.2 Å². The van der Waals surface area contributed by atoms with E-state index in [9.17, 15) is 14.9 Å². The third kappa shape index (κ3) is 3.97. The lowest BCUT2D eigenvalue weighted by Gasteiger charge is -2.30. The third-order valence-electron chi connectivity index (χ3n) is 5.21. The van der Waals surface area contributed by atoms with Crippen LogP contribution in [0.2, 0.25) is 0 Å². The van der Waals surface area contributed by atoms with Crippen LogP contribution in [-0.4, -0.2) is 44.1 Å². The first-order valence-corrected chi connectivity index (χ1v) is 9.58.